The van der Waals surface area contributed by atoms with Crippen LogP contribution in [0, 0.1) is 0 Å². The summed E-state index contributed by atoms with van der Waals surface area (Å²) in [5, 5.41) is 14.4. The molecule has 2 unspecified atom stereocenters. The Morgan fingerprint density at radius 3 is 2.80 bits per heavy atom. The highest BCUT2D eigenvalue weighted by Gasteiger charge is 2.39. The molecule has 0 aromatic carbocycles. The van der Waals surface area contributed by atoms with Crippen molar-refractivity contribution in [2.45, 2.75) is 31.4 Å². The highest BCUT2D eigenvalue weighted by Crippen LogP contribution is 2.28. The van der Waals surface area contributed by atoms with Gasteiger partial charge in [0.25, 0.3) is 0 Å². The minimum atomic E-state index is -0.644. The van der Waals surface area contributed by atoms with Gasteiger partial charge in [-0.05, 0) is 20.4 Å². The van der Waals surface area contributed by atoms with Crippen LogP contribution in [0.3, 0.4) is 0 Å². The van der Waals surface area contributed by atoms with Gasteiger partial charge in [-0.3, -0.25) is 4.68 Å². The first kappa shape index (κ1) is 10.6. The van der Waals surface area contributed by atoms with Gasteiger partial charge in [0.2, 0.25) is 0 Å². The third-order valence-corrected chi connectivity index (χ3v) is 3.26. The van der Waals surface area contributed by atoms with E-state index in [2.05, 4.69) is 21.9 Å². The van der Waals surface area contributed by atoms with E-state index in [0.29, 0.717) is 19.0 Å². The maximum Gasteiger partial charge on any atom is 0.138 e. The Labute approximate surface area is 89.7 Å². The molecule has 15 heavy (non-hydrogen) atoms. The molecule has 0 saturated carbocycles. The van der Waals surface area contributed by atoms with Crippen molar-refractivity contribution in [3.05, 3.63) is 12.2 Å². The number of aryl methyl sites for hydroxylation is 1. The van der Waals surface area contributed by atoms with E-state index in [9.17, 15) is 5.11 Å². The molecule has 2 rings (SSSR count). The van der Waals surface area contributed by atoms with Crippen LogP contribution in [0.2, 0.25) is 0 Å². The first-order valence-corrected chi connectivity index (χ1v) is 5.26. The van der Waals surface area contributed by atoms with Gasteiger partial charge in [0, 0.05) is 26.1 Å². The number of hydrogen-bond acceptors (Lipinski definition) is 4. The van der Waals surface area contributed by atoms with Crippen molar-refractivity contribution >= 4 is 0 Å². The smallest absolute Gasteiger partial charge is 0.138 e. The topological polar surface area (TPSA) is 54.2 Å². The predicted octanol–water partition coefficient (Wildman–Crippen LogP) is -0.187. The molecule has 2 atom stereocenters. The van der Waals surface area contributed by atoms with Crippen LogP contribution in [0.5, 0.6) is 0 Å². The lowest BCUT2D eigenvalue weighted by molar-refractivity contribution is 0.0492. The van der Waals surface area contributed by atoms with Crippen molar-refractivity contribution in [1.82, 2.24) is 19.7 Å². The second-order valence-corrected chi connectivity index (χ2v) is 4.67. The van der Waals surface area contributed by atoms with Crippen molar-refractivity contribution in [2.75, 3.05) is 13.6 Å². The largest absolute Gasteiger partial charge is 0.388 e. The predicted molar refractivity (Wildman–Crippen MR) is 56.4 cm³/mol. The molecule has 1 saturated heterocycles. The molecular weight excluding hydrogens is 192 g/mol. The minimum absolute atomic E-state index is 0.434. The Kier molecular flexibility index (Phi) is 2.52. The summed E-state index contributed by atoms with van der Waals surface area (Å²) in [6, 6.07) is 0.434. The number of rotatable bonds is 2. The summed E-state index contributed by atoms with van der Waals surface area (Å²) < 4.78 is 1.72. The third-order valence-electron chi connectivity index (χ3n) is 3.26. The van der Waals surface area contributed by atoms with Gasteiger partial charge in [-0.1, -0.05) is 0 Å². The molecule has 0 spiro atoms. The fourth-order valence-electron chi connectivity index (χ4n) is 2.29. The molecule has 0 bridgehead atoms. The van der Waals surface area contributed by atoms with Gasteiger partial charge < -0.3 is 10.0 Å². The highest BCUT2D eigenvalue weighted by molar-refractivity contribution is 5.01. The van der Waals surface area contributed by atoms with E-state index in [1.54, 1.807) is 4.68 Å². The number of aromatic nitrogens is 3. The van der Waals surface area contributed by atoms with E-state index in [1.807, 2.05) is 14.1 Å². The molecular formula is C10H18N4O. The standard InChI is InChI=1S/C10H18N4O/c1-8-4-10(15,6-13(8)2)5-9-11-7-12-14(9)3/h7-8,15H,4-6H2,1-3H3. The van der Waals surface area contributed by atoms with Gasteiger partial charge in [0.05, 0.1) is 5.60 Å². The Morgan fingerprint density at radius 2 is 2.33 bits per heavy atom. The molecule has 0 aliphatic carbocycles. The molecule has 5 nitrogen and oxygen atoms in total. The normalized spacial score (nSPS) is 32.4. The summed E-state index contributed by atoms with van der Waals surface area (Å²) in [6.45, 7) is 2.84. The van der Waals surface area contributed by atoms with Gasteiger partial charge in [-0.15, -0.1) is 0 Å². The first-order chi connectivity index (χ1) is 7.00. The van der Waals surface area contributed by atoms with Crippen LogP contribution in [0.4, 0.5) is 0 Å². The van der Waals surface area contributed by atoms with Crippen molar-refractivity contribution in [1.29, 1.82) is 0 Å². The summed E-state index contributed by atoms with van der Waals surface area (Å²) >= 11 is 0. The Morgan fingerprint density at radius 1 is 1.60 bits per heavy atom. The SMILES string of the molecule is CC1CC(O)(Cc2ncnn2C)CN1C. The zero-order chi connectivity index (χ0) is 11.1. The van der Waals surface area contributed by atoms with Gasteiger partial charge in [-0.2, -0.15) is 5.10 Å². The number of nitrogens with zero attached hydrogens (tertiary/aromatic N) is 4. The molecule has 1 aliphatic heterocycles. The molecule has 0 amide bonds. The molecule has 84 valence electrons. The summed E-state index contributed by atoms with van der Waals surface area (Å²) in [5.41, 5.74) is -0.644. The molecule has 1 N–H and O–H groups in total. The maximum absolute atomic E-state index is 10.4. The van der Waals surface area contributed by atoms with E-state index < -0.39 is 5.60 Å². The lowest BCUT2D eigenvalue weighted by Gasteiger charge is -2.21. The lowest BCUT2D eigenvalue weighted by Crippen LogP contribution is -2.35. The van der Waals surface area contributed by atoms with Crippen LogP contribution in [0.15, 0.2) is 6.33 Å². The van der Waals surface area contributed by atoms with Crippen LogP contribution in [-0.2, 0) is 13.5 Å². The Bertz CT molecular complexity index is 339. The molecule has 1 aromatic rings. The van der Waals surface area contributed by atoms with Crippen molar-refractivity contribution in [3.63, 3.8) is 0 Å². The molecule has 2 heterocycles. The average molecular weight is 210 g/mol. The number of likely N-dealkylation sites (tertiary alicyclic amines) is 1. The monoisotopic (exact) mass is 210 g/mol. The zero-order valence-electron chi connectivity index (χ0n) is 9.51. The Hall–Kier alpha value is -0.940. The van der Waals surface area contributed by atoms with E-state index in [4.69, 9.17) is 0 Å². The summed E-state index contributed by atoms with van der Waals surface area (Å²) in [5.74, 6) is 0.847. The van der Waals surface area contributed by atoms with Crippen molar-refractivity contribution < 1.29 is 5.11 Å². The molecule has 0 radical (unpaired) electrons. The van der Waals surface area contributed by atoms with Gasteiger partial charge in [-0.25, -0.2) is 4.98 Å². The van der Waals surface area contributed by atoms with E-state index >= 15 is 0 Å². The zero-order valence-corrected chi connectivity index (χ0v) is 9.51. The highest BCUT2D eigenvalue weighted by atomic mass is 16.3. The van der Waals surface area contributed by atoms with Gasteiger partial charge >= 0.3 is 0 Å². The summed E-state index contributed by atoms with van der Waals surface area (Å²) in [6.07, 6.45) is 2.91. The number of β-amino-alcohol motifs (C(OH)–C–C–N with tert-alkyl or cyclic N) is 1. The van der Waals surface area contributed by atoms with Crippen molar-refractivity contribution in [3.8, 4) is 0 Å². The maximum atomic E-state index is 10.4. The fourth-order valence-corrected chi connectivity index (χ4v) is 2.29. The Balaban J connectivity index is 2.09. The fraction of sp³-hybridized carbons (Fsp3) is 0.800. The second kappa shape index (κ2) is 3.57. The van der Waals surface area contributed by atoms with E-state index in [1.165, 1.54) is 6.33 Å². The van der Waals surface area contributed by atoms with Gasteiger partial charge in [0.15, 0.2) is 0 Å². The lowest BCUT2D eigenvalue weighted by atomic mass is 9.96. The first-order valence-electron chi connectivity index (χ1n) is 5.26. The van der Waals surface area contributed by atoms with Crippen LogP contribution in [0.1, 0.15) is 19.2 Å². The molecule has 1 aliphatic rings. The van der Waals surface area contributed by atoms with E-state index in [-0.39, 0.29) is 0 Å². The quantitative estimate of drug-likeness (QED) is 0.735. The third kappa shape index (κ3) is 2.03. The molecule has 1 fully saturated rings. The van der Waals surface area contributed by atoms with Gasteiger partial charge in [0.1, 0.15) is 12.2 Å². The summed E-state index contributed by atoms with van der Waals surface area (Å²) in [4.78, 5) is 6.32. The van der Waals surface area contributed by atoms with Crippen molar-refractivity contribution in [2.24, 2.45) is 7.05 Å². The van der Waals surface area contributed by atoms with Crippen LogP contribution in [-0.4, -0.2) is 50.0 Å². The number of likely N-dealkylation sites (N-methyl/N-ethyl adjacent to an activating group) is 1. The van der Waals surface area contributed by atoms with Crippen LogP contribution < -0.4 is 0 Å². The average Bonchev–Trinajstić information content (AvgIpc) is 2.60. The second-order valence-electron chi connectivity index (χ2n) is 4.67. The molecule has 5 heteroatoms. The van der Waals surface area contributed by atoms with Crippen LogP contribution >= 0.6 is 0 Å². The molecule has 1 aromatic heterocycles. The van der Waals surface area contributed by atoms with Crippen LogP contribution in [0.25, 0.3) is 0 Å². The minimum Gasteiger partial charge on any atom is -0.388 e. The number of hydrogen-bond donors (Lipinski definition) is 1. The number of aliphatic hydroxyl groups is 1. The van der Waals surface area contributed by atoms with E-state index in [0.717, 1.165) is 12.2 Å². The summed E-state index contributed by atoms with van der Waals surface area (Å²) in [7, 11) is 3.90.